The average molecular weight is 414 g/mol. The molecule has 0 amide bonds. The lowest BCUT2D eigenvalue weighted by molar-refractivity contribution is -0.274. The molecule has 0 aliphatic rings. The van der Waals surface area contributed by atoms with Crippen LogP contribution in [0.2, 0.25) is 0 Å². The van der Waals surface area contributed by atoms with Gasteiger partial charge < -0.3 is 9.47 Å². The van der Waals surface area contributed by atoms with Crippen LogP contribution in [0.3, 0.4) is 0 Å². The molecule has 1 atom stereocenters. The van der Waals surface area contributed by atoms with Crippen molar-refractivity contribution in [2.45, 2.75) is 24.6 Å². The third kappa shape index (κ3) is 7.09. The minimum atomic E-state index is -4.81. The summed E-state index contributed by atoms with van der Waals surface area (Å²) in [6.07, 6.45) is -4.81. The number of hydrogen-bond donors (Lipinski definition) is 1. The quantitative estimate of drug-likeness (QED) is 0.716. The van der Waals surface area contributed by atoms with Crippen LogP contribution < -0.4 is 14.2 Å². The Bertz CT molecular complexity index is 926. The lowest BCUT2D eigenvalue weighted by Crippen LogP contribution is -2.49. The van der Waals surface area contributed by atoms with E-state index in [9.17, 15) is 26.9 Å². The van der Waals surface area contributed by atoms with E-state index in [1.807, 2.05) is 6.07 Å². The number of hydrogen-bond acceptors (Lipinski definition) is 5. The van der Waals surface area contributed by atoms with Crippen molar-refractivity contribution in [1.82, 2.24) is 4.72 Å². The maximum absolute atomic E-state index is 12.3. The van der Waals surface area contributed by atoms with Crippen molar-refractivity contribution in [3.8, 4) is 17.6 Å². The first-order valence-electron chi connectivity index (χ1n) is 7.96. The third-order valence-electron chi connectivity index (χ3n) is 3.41. The van der Waals surface area contributed by atoms with Gasteiger partial charge in [0.15, 0.2) is 5.54 Å². The molecule has 1 unspecified atom stereocenters. The molecule has 2 rings (SSSR count). The highest BCUT2D eigenvalue weighted by atomic mass is 32.2. The molecule has 0 aromatic heterocycles. The minimum Gasteiger partial charge on any atom is -0.491 e. The first kappa shape index (κ1) is 21.5. The fourth-order valence-corrected chi connectivity index (χ4v) is 3.72. The Kier molecular flexibility index (Phi) is 6.53. The van der Waals surface area contributed by atoms with Gasteiger partial charge in [0.05, 0.1) is 11.8 Å². The van der Waals surface area contributed by atoms with E-state index in [4.69, 9.17) is 4.74 Å². The highest BCUT2D eigenvalue weighted by Gasteiger charge is 2.32. The maximum Gasteiger partial charge on any atom is 0.573 e. The lowest BCUT2D eigenvalue weighted by Gasteiger charge is -2.23. The second kappa shape index (κ2) is 8.50. The normalized spacial score (nSPS) is 14.0. The predicted octanol–water partition coefficient (Wildman–Crippen LogP) is 3.37. The standard InChI is InChI=1S/C18H17F3N2O4S/c1-17(12-22,23-28(24,25)11-14-5-3-2-4-6-14)13-26-15-7-9-16(10-8-15)27-18(19,20)21/h2-10,23H,11,13H2,1H3. The number of alkyl halides is 3. The summed E-state index contributed by atoms with van der Waals surface area (Å²) >= 11 is 0. The number of rotatable bonds is 8. The van der Waals surface area contributed by atoms with Gasteiger partial charge in [0.2, 0.25) is 10.0 Å². The van der Waals surface area contributed by atoms with Crippen LogP contribution in [-0.4, -0.2) is 26.9 Å². The van der Waals surface area contributed by atoms with Crippen molar-refractivity contribution in [1.29, 1.82) is 5.26 Å². The van der Waals surface area contributed by atoms with Crippen molar-refractivity contribution in [2.75, 3.05) is 6.61 Å². The van der Waals surface area contributed by atoms with E-state index in [1.54, 1.807) is 30.3 Å². The van der Waals surface area contributed by atoms with Crippen molar-refractivity contribution in [3.05, 3.63) is 60.2 Å². The number of ether oxygens (including phenoxy) is 2. The summed E-state index contributed by atoms with van der Waals surface area (Å²) in [4.78, 5) is 0. The van der Waals surface area contributed by atoms with Gasteiger partial charge in [0.25, 0.3) is 0 Å². The zero-order valence-corrected chi connectivity index (χ0v) is 15.5. The van der Waals surface area contributed by atoms with Gasteiger partial charge in [-0.15, -0.1) is 13.2 Å². The summed E-state index contributed by atoms with van der Waals surface area (Å²) in [7, 11) is -3.83. The van der Waals surface area contributed by atoms with Crippen LogP contribution in [0.4, 0.5) is 13.2 Å². The smallest absolute Gasteiger partial charge is 0.491 e. The number of nitrogens with one attached hydrogen (secondary N) is 1. The van der Waals surface area contributed by atoms with Gasteiger partial charge in [-0.25, -0.2) is 8.42 Å². The minimum absolute atomic E-state index is 0.151. The molecule has 0 saturated heterocycles. The molecule has 6 nitrogen and oxygen atoms in total. The molecule has 2 aromatic rings. The summed E-state index contributed by atoms with van der Waals surface area (Å²) < 4.78 is 72.5. The number of nitrogens with zero attached hydrogens (tertiary/aromatic N) is 1. The molecular formula is C18H17F3N2O4S. The Labute approximate surface area is 160 Å². The number of nitriles is 1. The summed E-state index contributed by atoms with van der Waals surface area (Å²) in [5.41, 5.74) is -1.02. The van der Waals surface area contributed by atoms with Crippen LogP contribution in [0.15, 0.2) is 54.6 Å². The molecule has 28 heavy (non-hydrogen) atoms. The molecule has 1 N–H and O–H groups in total. The Hall–Kier alpha value is -2.77. The number of sulfonamides is 1. The van der Waals surface area contributed by atoms with Crippen molar-refractivity contribution in [3.63, 3.8) is 0 Å². The first-order chi connectivity index (χ1) is 13.0. The molecule has 0 spiro atoms. The summed E-state index contributed by atoms with van der Waals surface area (Å²) in [5.74, 6) is -0.584. The molecule has 2 aromatic carbocycles. The van der Waals surface area contributed by atoms with Gasteiger partial charge in [0, 0.05) is 0 Å². The summed E-state index contributed by atoms with van der Waals surface area (Å²) in [6.45, 7) is 0.994. The van der Waals surface area contributed by atoms with Crippen LogP contribution in [0.5, 0.6) is 11.5 Å². The zero-order chi connectivity index (χ0) is 20.8. The molecule has 10 heteroatoms. The third-order valence-corrected chi connectivity index (χ3v) is 4.89. The van der Waals surface area contributed by atoms with Gasteiger partial charge in [-0.05, 0) is 36.8 Å². The predicted molar refractivity (Wildman–Crippen MR) is 94.8 cm³/mol. The number of benzene rings is 2. The van der Waals surface area contributed by atoms with Crippen molar-refractivity contribution in [2.24, 2.45) is 0 Å². The zero-order valence-electron chi connectivity index (χ0n) is 14.7. The Balaban J connectivity index is 1.99. The molecule has 0 saturated carbocycles. The molecule has 0 aliphatic carbocycles. The lowest BCUT2D eigenvalue weighted by atomic mass is 10.1. The van der Waals surface area contributed by atoms with Gasteiger partial charge >= 0.3 is 6.36 Å². The van der Waals surface area contributed by atoms with E-state index in [2.05, 4.69) is 9.46 Å². The van der Waals surface area contributed by atoms with E-state index in [1.165, 1.54) is 19.1 Å². The van der Waals surface area contributed by atoms with Gasteiger partial charge in [-0.3, -0.25) is 0 Å². The highest BCUT2D eigenvalue weighted by molar-refractivity contribution is 7.88. The van der Waals surface area contributed by atoms with E-state index >= 15 is 0 Å². The molecule has 0 fully saturated rings. The molecule has 0 radical (unpaired) electrons. The maximum atomic E-state index is 12.3. The molecular weight excluding hydrogens is 397 g/mol. The molecule has 0 aliphatic heterocycles. The second-order valence-corrected chi connectivity index (χ2v) is 7.82. The van der Waals surface area contributed by atoms with Crippen LogP contribution in [0, 0.1) is 11.3 Å². The fraction of sp³-hybridized carbons (Fsp3) is 0.278. The van der Waals surface area contributed by atoms with E-state index < -0.39 is 27.7 Å². The largest absolute Gasteiger partial charge is 0.573 e. The monoisotopic (exact) mass is 414 g/mol. The Morgan fingerprint density at radius 1 is 1.04 bits per heavy atom. The van der Waals surface area contributed by atoms with Crippen LogP contribution in [-0.2, 0) is 15.8 Å². The fourth-order valence-electron chi connectivity index (χ4n) is 2.22. The van der Waals surface area contributed by atoms with Gasteiger partial charge in [-0.1, -0.05) is 30.3 Å². The SMILES string of the molecule is CC(C#N)(COc1ccc(OC(F)(F)F)cc1)NS(=O)(=O)Cc1ccccc1. The van der Waals surface area contributed by atoms with E-state index in [0.717, 1.165) is 12.1 Å². The molecule has 150 valence electrons. The van der Waals surface area contributed by atoms with Gasteiger partial charge in [0.1, 0.15) is 18.1 Å². The van der Waals surface area contributed by atoms with Crippen molar-refractivity contribution < 1.29 is 31.1 Å². The van der Waals surface area contributed by atoms with Crippen LogP contribution in [0.1, 0.15) is 12.5 Å². The number of halogens is 3. The second-order valence-electron chi connectivity index (χ2n) is 6.10. The van der Waals surface area contributed by atoms with E-state index in [0.29, 0.717) is 5.56 Å². The van der Waals surface area contributed by atoms with Gasteiger partial charge in [-0.2, -0.15) is 9.98 Å². The van der Waals surface area contributed by atoms with Crippen molar-refractivity contribution >= 4 is 10.0 Å². The topological polar surface area (TPSA) is 88.4 Å². The summed E-state index contributed by atoms with van der Waals surface area (Å²) in [5, 5.41) is 9.36. The molecule has 0 bridgehead atoms. The Morgan fingerprint density at radius 2 is 1.61 bits per heavy atom. The Morgan fingerprint density at radius 3 is 2.14 bits per heavy atom. The summed E-state index contributed by atoms with van der Waals surface area (Å²) in [6, 6.07) is 14.8. The average Bonchev–Trinajstić information content (AvgIpc) is 2.60. The van der Waals surface area contributed by atoms with E-state index in [-0.39, 0.29) is 18.1 Å². The molecule has 0 heterocycles. The first-order valence-corrected chi connectivity index (χ1v) is 9.61. The van der Waals surface area contributed by atoms with Crippen LogP contribution >= 0.6 is 0 Å². The highest BCUT2D eigenvalue weighted by Crippen LogP contribution is 2.25. The van der Waals surface area contributed by atoms with Crippen LogP contribution in [0.25, 0.3) is 0 Å².